The van der Waals surface area contributed by atoms with Crippen LogP contribution in [0.1, 0.15) is 26.2 Å². The lowest BCUT2D eigenvalue weighted by atomic mass is 10.0. The predicted octanol–water partition coefficient (Wildman–Crippen LogP) is -0.258. The SMILES string of the molecule is CCC(C(=O)N1CCCC(O)C1)C(N)=NO. The van der Waals surface area contributed by atoms with Crippen LogP contribution in [0, 0.1) is 5.92 Å². The van der Waals surface area contributed by atoms with Gasteiger partial charge in [0.15, 0.2) is 5.84 Å². The number of nitrogens with two attached hydrogens (primary N) is 1. The summed E-state index contributed by atoms with van der Waals surface area (Å²) < 4.78 is 0. The summed E-state index contributed by atoms with van der Waals surface area (Å²) in [6, 6.07) is 0. The van der Waals surface area contributed by atoms with Crippen molar-refractivity contribution in [2.75, 3.05) is 13.1 Å². The van der Waals surface area contributed by atoms with Gasteiger partial charge in [0.1, 0.15) is 0 Å². The molecule has 1 heterocycles. The lowest BCUT2D eigenvalue weighted by Crippen LogP contribution is -2.47. The molecular formula is C10H19N3O3. The fourth-order valence-corrected chi connectivity index (χ4v) is 1.96. The van der Waals surface area contributed by atoms with Crippen molar-refractivity contribution in [1.29, 1.82) is 0 Å². The smallest absolute Gasteiger partial charge is 0.233 e. The molecule has 2 atom stereocenters. The first kappa shape index (κ1) is 12.8. The summed E-state index contributed by atoms with van der Waals surface area (Å²) in [5.74, 6) is -0.820. The van der Waals surface area contributed by atoms with E-state index in [2.05, 4.69) is 5.16 Å². The van der Waals surface area contributed by atoms with Crippen molar-refractivity contribution >= 4 is 11.7 Å². The zero-order valence-corrected chi connectivity index (χ0v) is 9.46. The van der Waals surface area contributed by atoms with Crippen LogP contribution in [0.2, 0.25) is 0 Å². The van der Waals surface area contributed by atoms with Crippen LogP contribution in [-0.2, 0) is 4.79 Å². The average molecular weight is 229 g/mol. The van der Waals surface area contributed by atoms with E-state index in [9.17, 15) is 9.90 Å². The van der Waals surface area contributed by atoms with E-state index in [4.69, 9.17) is 10.9 Å². The quantitative estimate of drug-likeness (QED) is 0.269. The summed E-state index contributed by atoms with van der Waals surface area (Å²) >= 11 is 0. The molecule has 1 aliphatic rings. The molecule has 1 amide bonds. The third-order valence-corrected chi connectivity index (χ3v) is 2.89. The molecule has 0 saturated carbocycles. The molecule has 6 nitrogen and oxygen atoms in total. The van der Waals surface area contributed by atoms with Gasteiger partial charge >= 0.3 is 0 Å². The van der Waals surface area contributed by atoms with Crippen LogP contribution in [-0.4, -0.2) is 46.1 Å². The first-order valence-corrected chi connectivity index (χ1v) is 5.54. The number of aliphatic hydroxyl groups is 1. The highest BCUT2D eigenvalue weighted by molar-refractivity contribution is 6.02. The third kappa shape index (κ3) is 2.85. The summed E-state index contributed by atoms with van der Waals surface area (Å²) in [6.45, 7) is 2.78. The van der Waals surface area contributed by atoms with Gasteiger partial charge in [-0.15, -0.1) is 0 Å². The van der Waals surface area contributed by atoms with Crippen molar-refractivity contribution in [3.63, 3.8) is 0 Å². The largest absolute Gasteiger partial charge is 0.409 e. The Morgan fingerprint density at radius 1 is 1.69 bits per heavy atom. The zero-order valence-electron chi connectivity index (χ0n) is 9.46. The molecule has 0 aromatic rings. The number of carbonyl (C=O) groups excluding carboxylic acids is 1. The summed E-state index contributed by atoms with van der Waals surface area (Å²) in [5.41, 5.74) is 5.46. The van der Waals surface area contributed by atoms with Crippen molar-refractivity contribution in [3.8, 4) is 0 Å². The van der Waals surface area contributed by atoms with E-state index in [-0.39, 0.29) is 11.7 Å². The number of amidine groups is 1. The van der Waals surface area contributed by atoms with Gasteiger partial charge in [-0.05, 0) is 19.3 Å². The summed E-state index contributed by atoms with van der Waals surface area (Å²) in [5, 5.41) is 20.9. The third-order valence-electron chi connectivity index (χ3n) is 2.89. The lowest BCUT2D eigenvalue weighted by molar-refractivity contribution is -0.136. The normalized spacial score (nSPS) is 24.2. The molecule has 6 heteroatoms. The van der Waals surface area contributed by atoms with Gasteiger partial charge in [-0.1, -0.05) is 12.1 Å². The lowest BCUT2D eigenvalue weighted by Gasteiger charge is -2.32. The molecule has 1 fully saturated rings. The molecule has 16 heavy (non-hydrogen) atoms. The Kier molecular flexibility index (Phi) is 4.54. The van der Waals surface area contributed by atoms with Crippen LogP contribution < -0.4 is 5.73 Å². The van der Waals surface area contributed by atoms with Gasteiger partial charge in [-0.2, -0.15) is 0 Å². The number of rotatable bonds is 3. The topological polar surface area (TPSA) is 99.2 Å². The number of oxime groups is 1. The number of β-amino-alcohol motifs (C(OH)–C–C–N with tert-alkyl or cyclic N) is 1. The van der Waals surface area contributed by atoms with E-state index in [0.717, 1.165) is 12.8 Å². The maximum atomic E-state index is 12.0. The molecule has 0 aliphatic carbocycles. The molecule has 0 aromatic heterocycles. The standard InChI is InChI=1S/C10H19N3O3/c1-2-8(9(11)12-16)10(15)13-5-3-4-7(14)6-13/h7-8,14,16H,2-6H2,1H3,(H2,11,12). The predicted molar refractivity (Wildman–Crippen MR) is 59.0 cm³/mol. The van der Waals surface area contributed by atoms with Gasteiger partial charge in [-0.3, -0.25) is 4.79 Å². The Labute approximate surface area is 94.7 Å². The molecule has 0 bridgehead atoms. The average Bonchev–Trinajstić information content (AvgIpc) is 2.29. The van der Waals surface area contributed by atoms with Crippen LogP contribution in [0.25, 0.3) is 0 Å². The highest BCUT2D eigenvalue weighted by Crippen LogP contribution is 2.15. The molecule has 1 saturated heterocycles. The number of piperidine rings is 1. The minimum atomic E-state index is -0.588. The molecule has 2 unspecified atom stereocenters. The van der Waals surface area contributed by atoms with Gasteiger partial charge in [0.05, 0.1) is 12.0 Å². The summed E-state index contributed by atoms with van der Waals surface area (Å²) in [4.78, 5) is 13.6. The minimum absolute atomic E-state index is 0.0624. The van der Waals surface area contributed by atoms with Gasteiger partial charge < -0.3 is 20.9 Å². The number of carbonyl (C=O) groups is 1. The van der Waals surface area contributed by atoms with Crippen LogP contribution in [0.5, 0.6) is 0 Å². The molecule has 0 radical (unpaired) electrons. The number of nitrogens with zero attached hydrogens (tertiary/aromatic N) is 2. The second-order valence-electron chi connectivity index (χ2n) is 4.07. The van der Waals surface area contributed by atoms with Gasteiger partial charge in [0.2, 0.25) is 5.91 Å². The first-order chi connectivity index (χ1) is 7.60. The van der Waals surface area contributed by atoms with E-state index in [1.165, 1.54) is 0 Å². The van der Waals surface area contributed by atoms with Gasteiger partial charge in [0.25, 0.3) is 0 Å². The van der Waals surface area contributed by atoms with E-state index in [1.807, 2.05) is 0 Å². The van der Waals surface area contributed by atoms with Crippen LogP contribution >= 0.6 is 0 Å². The van der Waals surface area contributed by atoms with E-state index < -0.39 is 12.0 Å². The Morgan fingerprint density at radius 2 is 2.38 bits per heavy atom. The fraction of sp³-hybridized carbons (Fsp3) is 0.800. The Balaban J connectivity index is 2.67. The molecule has 0 spiro atoms. The summed E-state index contributed by atoms with van der Waals surface area (Å²) in [7, 11) is 0. The fourth-order valence-electron chi connectivity index (χ4n) is 1.96. The molecule has 1 aliphatic heterocycles. The van der Waals surface area contributed by atoms with E-state index in [1.54, 1.807) is 11.8 Å². The second kappa shape index (κ2) is 5.69. The first-order valence-electron chi connectivity index (χ1n) is 5.54. The minimum Gasteiger partial charge on any atom is -0.409 e. The number of hydrogen-bond donors (Lipinski definition) is 3. The monoisotopic (exact) mass is 229 g/mol. The Hall–Kier alpha value is -1.30. The van der Waals surface area contributed by atoms with Crippen molar-refractivity contribution in [1.82, 2.24) is 4.90 Å². The number of likely N-dealkylation sites (tertiary alicyclic amines) is 1. The Morgan fingerprint density at radius 3 is 2.88 bits per heavy atom. The Bertz CT molecular complexity index is 280. The van der Waals surface area contributed by atoms with Gasteiger partial charge in [-0.25, -0.2) is 0 Å². The maximum Gasteiger partial charge on any atom is 0.233 e. The van der Waals surface area contributed by atoms with Crippen molar-refractivity contribution in [2.45, 2.75) is 32.3 Å². The molecule has 92 valence electrons. The van der Waals surface area contributed by atoms with Crippen molar-refractivity contribution < 1.29 is 15.1 Å². The molecule has 1 rings (SSSR count). The molecule has 0 aromatic carbocycles. The van der Waals surface area contributed by atoms with Crippen LogP contribution in [0.4, 0.5) is 0 Å². The number of amides is 1. The second-order valence-corrected chi connectivity index (χ2v) is 4.07. The van der Waals surface area contributed by atoms with E-state index in [0.29, 0.717) is 19.5 Å². The summed E-state index contributed by atoms with van der Waals surface area (Å²) in [6.07, 6.45) is 1.55. The van der Waals surface area contributed by atoms with Crippen LogP contribution in [0.3, 0.4) is 0 Å². The molecule has 4 N–H and O–H groups in total. The highest BCUT2D eigenvalue weighted by atomic mass is 16.4. The number of hydrogen-bond acceptors (Lipinski definition) is 4. The van der Waals surface area contributed by atoms with Crippen molar-refractivity contribution in [2.24, 2.45) is 16.8 Å². The zero-order chi connectivity index (χ0) is 12.1. The van der Waals surface area contributed by atoms with Crippen molar-refractivity contribution in [3.05, 3.63) is 0 Å². The molecular weight excluding hydrogens is 210 g/mol. The highest BCUT2D eigenvalue weighted by Gasteiger charge is 2.29. The van der Waals surface area contributed by atoms with Crippen LogP contribution in [0.15, 0.2) is 5.16 Å². The van der Waals surface area contributed by atoms with E-state index >= 15 is 0 Å². The number of aliphatic hydroxyl groups excluding tert-OH is 1. The maximum absolute atomic E-state index is 12.0. The van der Waals surface area contributed by atoms with Gasteiger partial charge in [0, 0.05) is 13.1 Å².